The molecule has 0 bridgehead atoms. The van der Waals surface area contributed by atoms with Crippen molar-refractivity contribution in [3.8, 4) is 5.82 Å². The van der Waals surface area contributed by atoms with Crippen molar-refractivity contribution in [1.82, 2.24) is 14.8 Å². The summed E-state index contributed by atoms with van der Waals surface area (Å²) in [7, 11) is 0. The number of nitrogens with zero attached hydrogens (tertiary/aromatic N) is 3. The van der Waals surface area contributed by atoms with Gasteiger partial charge in [-0.05, 0) is 6.07 Å². The molecular formula is C6H5N3O. The van der Waals surface area contributed by atoms with Crippen LogP contribution in [0.2, 0.25) is 0 Å². The maximum atomic E-state index is 4.77. The molecule has 0 fully saturated rings. The summed E-state index contributed by atoms with van der Waals surface area (Å²) in [6.45, 7) is 0. The average Bonchev–Trinajstić information content (AvgIpc) is 2.59. The van der Waals surface area contributed by atoms with E-state index in [1.165, 1.54) is 12.7 Å². The fraction of sp³-hybridized carbons (Fsp3) is 0. The molecule has 0 aromatic carbocycles. The molecule has 2 aromatic heterocycles. The normalized spacial score (nSPS) is 10.0. The quantitative estimate of drug-likeness (QED) is 0.582. The van der Waals surface area contributed by atoms with Crippen LogP contribution in [0.5, 0.6) is 0 Å². The highest BCUT2D eigenvalue weighted by Crippen LogP contribution is 1.99. The molecule has 10 heavy (non-hydrogen) atoms. The van der Waals surface area contributed by atoms with Crippen molar-refractivity contribution in [2.24, 2.45) is 0 Å². The molecule has 50 valence electrons. The van der Waals surface area contributed by atoms with E-state index in [-0.39, 0.29) is 0 Å². The Bertz CT molecular complexity index is 252. The maximum Gasteiger partial charge on any atom is 0.192 e. The van der Waals surface area contributed by atoms with Gasteiger partial charge in [0.2, 0.25) is 0 Å². The highest BCUT2D eigenvalue weighted by atomic mass is 16.3. The van der Waals surface area contributed by atoms with Gasteiger partial charge in [-0.15, -0.1) is 0 Å². The summed E-state index contributed by atoms with van der Waals surface area (Å²) in [5, 5.41) is 3.95. The standard InChI is InChI=1S/C6H5N3O/c1-2-8-9(3-1)6-4-10-5-7-6/h1-5H. The molecule has 0 saturated carbocycles. The Hall–Kier alpha value is -1.58. The SMILES string of the molecule is c1cnn(-c2cocn2)c1. The van der Waals surface area contributed by atoms with Gasteiger partial charge >= 0.3 is 0 Å². The van der Waals surface area contributed by atoms with E-state index in [1.807, 2.05) is 6.07 Å². The number of hydrogen-bond donors (Lipinski definition) is 0. The minimum atomic E-state index is 0.699. The predicted molar refractivity (Wildman–Crippen MR) is 33.6 cm³/mol. The van der Waals surface area contributed by atoms with Crippen molar-refractivity contribution in [1.29, 1.82) is 0 Å². The highest BCUT2D eigenvalue weighted by Gasteiger charge is 1.95. The van der Waals surface area contributed by atoms with Crippen LogP contribution >= 0.6 is 0 Å². The summed E-state index contributed by atoms with van der Waals surface area (Å²) in [5.41, 5.74) is 0. The molecule has 0 saturated heterocycles. The van der Waals surface area contributed by atoms with Crippen LogP contribution in [0.15, 0.2) is 35.5 Å². The van der Waals surface area contributed by atoms with Crippen molar-refractivity contribution in [3.63, 3.8) is 0 Å². The molecule has 0 spiro atoms. The second-order valence-electron chi connectivity index (χ2n) is 1.80. The van der Waals surface area contributed by atoms with Gasteiger partial charge in [0, 0.05) is 12.4 Å². The summed E-state index contributed by atoms with van der Waals surface area (Å²) < 4.78 is 6.39. The van der Waals surface area contributed by atoms with E-state index in [1.54, 1.807) is 17.1 Å². The van der Waals surface area contributed by atoms with Crippen molar-refractivity contribution in [2.45, 2.75) is 0 Å². The first kappa shape index (κ1) is 5.22. The van der Waals surface area contributed by atoms with E-state index in [0.29, 0.717) is 5.82 Å². The minimum Gasteiger partial charge on any atom is -0.449 e. The smallest absolute Gasteiger partial charge is 0.192 e. The van der Waals surface area contributed by atoms with Crippen LogP contribution in [0.25, 0.3) is 5.82 Å². The monoisotopic (exact) mass is 135 g/mol. The van der Waals surface area contributed by atoms with E-state index in [2.05, 4.69) is 10.1 Å². The Balaban J connectivity index is 2.48. The zero-order valence-corrected chi connectivity index (χ0v) is 5.14. The molecule has 0 N–H and O–H groups in total. The second-order valence-corrected chi connectivity index (χ2v) is 1.80. The third-order valence-corrected chi connectivity index (χ3v) is 1.16. The molecule has 0 amide bonds. The zero-order valence-electron chi connectivity index (χ0n) is 5.14. The first-order chi connectivity index (χ1) is 4.97. The summed E-state index contributed by atoms with van der Waals surface area (Å²) in [4.78, 5) is 3.89. The summed E-state index contributed by atoms with van der Waals surface area (Å²) in [6, 6.07) is 1.83. The van der Waals surface area contributed by atoms with Crippen LogP contribution < -0.4 is 0 Å². The van der Waals surface area contributed by atoms with E-state index < -0.39 is 0 Å². The number of rotatable bonds is 1. The molecule has 0 atom stereocenters. The van der Waals surface area contributed by atoms with Crippen LogP contribution in [-0.2, 0) is 0 Å². The Morgan fingerprint density at radius 1 is 1.50 bits per heavy atom. The van der Waals surface area contributed by atoms with Crippen molar-refractivity contribution in [2.75, 3.05) is 0 Å². The van der Waals surface area contributed by atoms with Crippen LogP contribution in [0.1, 0.15) is 0 Å². The van der Waals surface area contributed by atoms with Gasteiger partial charge in [0.1, 0.15) is 6.26 Å². The second kappa shape index (κ2) is 1.98. The van der Waals surface area contributed by atoms with Gasteiger partial charge in [0.05, 0.1) is 0 Å². The summed E-state index contributed by atoms with van der Waals surface area (Å²) in [5.74, 6) is 0.699. The third-order valence-electron chi connectivity index (χ3n) is 1.16. The van der Waals surface area contributed by atoms with Crippen LogP contribution in [0.3, 0.4) is 0 Å². The predicted octanol–water partition coefficient (Wildman–Crippen LogP) is 0.860. The van der Waals surface area contributed by atoms with Crippen LogP contribution in [0.4, 0.5) is 0 Å². The average molecular weight is 135 g/mol. The fourth-order valence-corrected chi connectivity index (χ4v) is 0.724. The Labute approximate surface area is 57.1 Å². The van der Waals surface area contributed by atoms with E-state index in [9.17, 15) is 0 Å². The molecule has 0 aliphatic heterocycles. The van der Waals surface area contributed by atoms with Crippen molar-refractivity contribution < 1.29 is 4.42 Å². The molecule has 0 radical (unpaired) electrons. The zero-order chi connectivity index (χ0) is 6.81. The summed E-state index contributed by atoms with van der Waals surface area (Å²) in [6.07, 6.45) is 6.40. The van der Waals surface area contributed by atoms with E-state index >= 15 is 0 Å². The Morgan fingerprint density at radius 2 is 2.50 bits per heavy atom. The number of hydrogen-bond acceptors (Lipinski definition) is 3. The molecule has 0 aliphatic carbocycles. The van der Waals surface area contributed by atoms with Gasteiger partial charge in [-0.3, -0.25) is 0 Å². The van der Waals surface area contributed by atoms with Gasteiger partial charge in [0.25, 0.3) is 0 Å². The number of oxazole rings is 1. The first-order valence-corrected chi connectivity index (χ1v) is 2.85. The largest absolute Gasteiger partial charge is 0.449 e. The first-order valence-electron chi connectivity index (χ1n) is 2.85. The number of aromatic nitrogens is 3. The molecular weight excluding hydrogens is 130 g/mol. The molecule has 0 aliphatic rings. The lowest BCUT2D eigenvalue weighted by Gasteiger charge is -1.88. The van der Waals surface area contributed by atoms with Crippen LogP contribution in [0, 0.1) is 0 Å². The fourth-order valence-electron chi connectivity index (χ4n) is 0.724. The van der Waals surface area contributed by atoms with E-state index in [4.69, 9.17) is 4.42 Å². The van der Waals surface area contributed by atoms with Crippen molar-refractivity contribution >= 4 is 0 Å². The van der Waals surface area contributed by atoms with Crippen LogP contribution in [-0.4, -0.2) is 14.8 Å². The molecule has 2 aromatic rings. The molecule has 2 rings (SSSR count). The summed E-state index contributed by atoms with van der Waals surface area (Å²) >= 11 is 0. The van der Waals surface area contributed by atoms with Crippen molar-refractivity contribution in [3.05, 3.63) is 31.1 Å². The lowest BCUT2D eigenvalue weighted by Crippen LogP contribution is -1.92. The Morgan fingerprint density at radius 3 is 3.10 bits per heavy atom. The molecule has 0 unspecified atom stereocenters. The lowest BCUT2D eigenvalue weighted by atomic mass is 10.7. The van der Waals surface area contributed by atoms with Gasteiger partial charge in [0.15, 0.2) is 12.2 Å². The Kier molecular flexibility index (Phi) is 1.04. The lowest BCUT2D eigenvalue weighted by molar-refractivity contribution is 0.556. The highest BCUT2D eigenvalue weighted by molar-refractivity contribution is 5.12. The molecule has 2 heterocycles. The minimum absolute atomic E-state index is 0.699. The maximum absolute atomic E-state index is 4.77. The van der Waals surface area contributed by atoms with Gasteiger partial charge in [-0.25, -0.2) is 4.68 Å². The van der Waals surface area contributed by atoms with E-state index in [0.717, 1.165) is 0 Å². The molecule has 4 nitrogen and oxygen atoms in total. The van der Waals surface area contributed by atoms with Gasteiger partial charge < -0.3 is 4.42 Å². The van der Waals surface area contributed by atoms with Gasteiger partial charge in [-0.2, -0.15) is 10.1 Å². The topological polar surface area (TPSA) is 43.9 Å². The third kappa shape index (κ3) is 0.699. The molecule has 4 heteroatoms. The van der Waals surface area contributed by atoms with Gasteiger partial charge in [-0.1, -0.05) is 0 Å².